The van der Waals surface area contributed by atoms with Crippen LogP contribution >= 0.6 is 0 Å². The molecule has 51 heavy (non-hydrogen) atoms. The van der Waals surface area contributed by atoms with Gasteiger partial charge in [0.1, 0.15) is 0 Å². The molecule has 3 heterocycles. The second-order valence-corrected chi connectivity index (χ2v) is 14.3. The predicted molar refractivity (Wildman–Crippen MR) is 207 cm³/mol. The first-order chi connectivity index (χ1) is 24.8. The number of H-pyrrole nitrogens is 2. The molecular formula is C44H51N3O4. The van der Waals surface area contributed by atoms with Gasteiger partial charge in [0, 0.05) is 45.7 Å². The molecule has 0 saturated carbocycles. The lowest BCUT2D eigenvalue weighted by molar-refractivity contribution is 0.226. The van der Waals surface area contributed by atoms with Crippen LogP contribution in [0.5, 0.6) is 23.0 Å². The van der Waals surface area contributed by atoms with Gasteiger partial charge in [0.15, 0.2) is 23.0 Å². The van der Waals surface area contributed by atoms with Crippen molar-refractivity contribution in [1.29, 1.82) is 0 Å². The zero-order valence-corrected chi connectivity index (χ0v) is 31.1. The topological polar surface area (TPSA) is 71.7 Å². The number of aromatic nitrogens is 2. The first-order valence-corrected chi connectivity index (χ1v) is 18.1. The van der Waals surface area contributed by atoms with E-state index in [2.05, 4.69) is 96.4 Å². The van der Waals surface area contributed by atoms with Gasteiger partial charge in [-0.25, -0.2) is 0 Å². The number of rotatable bonds is 8. The van der Waals surface area contributed by atoms with Crippen molar-refractivity contribution in [3.63, 3.8) is 0 Å². The minimum absolute atomic E-state index is 0.338. The van der Waals surface area contributed by atoms with Gasteiger partial charge in [0.25, 0.3) is 0 Å². The molecule has 0 saturated heterocycles. The van der Waals surface area contributed by atoms with Crippen molar-refractivity contribution in [2.75, 3.05) is 42.0 Å². The number of likely N-dealkylation sites (N-methyl/N-ethyl adjacent to an activating group) is 1. The summed E-state index contributed by atoms with van der Waals surface area (Å²) in [6, 6.07) is 26.3. The van der Waals surface area contributed by atoms with Crippen molar-refractivity contribution in [3.05, 3.63) is 118 Å². The summed E-state index contributed by atoms with van der Waals surface area (Å²) in [5, 5.41) is 2.79. The van der Waals surface area contributed by atoms with Crippen molar-refractivity contribution in [1.82, 2.24) is 14.9 Å². The third kappa shape index (κ3) is 6.92. The molecule has 266 valence electrons. The van der Waals surface area contributed by atoms with E-state index >= 15 is 0 Å². The molecule has 2 aliphatic rings. The molecule has 0 amide bonds. The average Bonchev–Trinajstić information content (AvgIpc) is 3.71. The van der Waals surface area contributed by atoms with E-state index in [0.717, 1.165) is 48.8 Å². The fraction of sp³-hybridized carbons (Fsp3) is 0.364. The summed E-state index contributed by atoms with van der Waals surface area (Å²) in [5.41, 5.74) is 13.5. The number of fused-ring (bicyclic) bond motifs is 6. The molecule has 2 aromatic heterocycles. The number of aromatic amines is 2. The van der Waals surface area contributed by atoms with Gasteiger partial charge in [-0.2, -0.15) is 0 Å². The molecule has 0 spiro atoms. The minimum atomic E-state index is 0.338. The largest absolute Gasteiger partial charge is 0.493 e. The Morgan fingerprint density at radius 3 is 1.71 bits per heavy atom. The monoisotopic (exact) mass is 685 g/mol. The van der Waals surface area contributed by atoms with E-state index in [0.29, 0.717) is 12.0 Å². The Labute approximate surface area is 301 Å². The van der Waals surface area contributed by atoms with Crippen molar-refractivity contribution in [2.45, 2.75) is 64.3 Å². The SMILES string of the molecule is COc1ccc(CC2CCCc3c2[nH]c2ccc(C)cc32)cc1OC.COc1ccc(CC2c3[nH]c4ccc(C)cc4c3CCN2C)cc1OC. The molecule has 0 radical (unpaired) electrons. The van der Waals surface area contributed by atoms with Gasteiger partial charge in [0.05, 0.1) is 34.5 Å². The summed E-state index contributed by atoms with van der Waals surface area (Å²) < 4.78 is 21.7. The van der Waals surface area contributed by atoms with Crippen LogP contribution in [0.2, 0.25) is 0 Å². The van der Waals surface area contributed by atoms with Crippen LogP contribution in [0, 0.1) is 13.8 Å². The second kappa shape index (κ2) is 14.8. The number of aryl methyl sites for hydroxylation is 3. The molecule has 0 bridgehead atoms. The Morgan fingerprint density at radius 1 is 0.608 bits per heavy atom. The van der Waals surface area contributed by atoms with Gasteiger partial charge < -0.3 is 28.9 Å². The van der Waals surface area contributed by atoms with Crippen LogP contribution in [0.3, 0.4) is 0 Å². The van der Waals surface area contributed by atoms with Gasteiger partial charge in [-0.05, 0) is 130 Å². The van der Waals surface area contributed by atoms with Gasteiger partial charge >= 0.3 is 0 Å². The second-order valence-electron chi connectivity index (χ2n) is 14.3. The van der Waals surface area contributed by atoms with E-state index in [1.807, 2.05) is 12.1 Å². The van der Waals surface area contributed by atoms with E-state index in [4.69, 9.17) is 18.9 Å². The number of nitrogens with one attached hydrogen (secondary N) is 2. The lowest BCUT2D eigenvalue weighted by Gasteiger charge is -2.33. The van der Waals surface area contributed by atoms with Crippen molar-refractivity contribution in [3.8, 4) is 23.0 Å². The molecule has 7 heteroatoms. The molecule has 1 aliphatic carbocycles. The lowest BCUT2D eigenvalue weighted by Crippen LogP contribution is -2.33. The molecule has 2 atom stereocenters. The standard InChI is InChI=1S/C22H26N2O2.C22H25NO2/c1-14-5-7-18-17(11-14)16-9-10-24(2)19(22(16)23-18)12-15-6-8-20(25-3)21(13-15)26-4;1-14-7-9-19-18(11-14)17-6-4-5-16(22(17)23-19)12-15-8-10-20(24-2)21(13-15)25-3/h5-8,11,13,19,23H,9-10,12H2,1-4H3;7-11,13,16,23H,4-6,12H2,1-3H3. The quantitative estimate of drug-likeness (QED) is 0.167. The van der Waals surface area contributed by atoms with Gasteiger partial charge in [-0.1, -0.05) is 35.4 Å². The van der Waals surface area contributed by atoms with E-state index < -0.39 is 0 Å². The fourth-order valence-corrected chi connectivity index (χ4v) is 8.26. The van der Waals surface area contributed by atoms with Crippen LogP contribution in [0.25, 0.3) is 21.8 Å². The fourth-order valence-electron chi connectivity index (χ4n) is 8.26. The summed E-state index contributed by atoms with van der Waals surface area (Å²) in [6.45, 7) is 5.41. The minimum Gasteiger partial charge on any atom is -0.493 e. The Kier molecular flexibility index (Phi) is 10.0. The third-order valence-corrected chi connectivity index (χ3v) is 11.0. The highest BCUT2D eigenvalue weighted by molar-refractivity contribution is 5.86. The number of nitrogens with zero attached hydrogens (tertiary/aromatic N) is 1. The van der Waals surface area contributed by atoms with E-state index in [9.17, 15) is 0 Å². The molecule has 4 aromatic carbocycles. The highest BCUT2D eigenvalue weighted by atomic mass is 16.5. The van der Waals surface area contributed by atoms with Crippen molar-refractivity contribution >= 4 is 21.8 Å². The smallest absolute Gasteiger partial charge is 0.160 e. The van der Waals surface area contributed by atoms with Crippen LogP contribution in [-0.4, -0.2) is 56.9 Å². The number of hydrogen-bond donors (Lipinski definition) is 2. The zero-order valence-electron chi connectivity index (χ0n) is 31.1. The molecule has 6 aromatic rings. The summed E-state index contributed by atoms with van der Waals surface area (Å²) in [4.78, 5) is 9.85. The number of methoxy groups -OCH3 is 4. The molecule has 7 nitrogen and oxygen atoms in total. The summed E-state index contributed by atoms with van der Waals surface area (Å²) in [5.74, 6) is 3.69. The summed E-state index contributed by atoms with van der Waals surface area (Å²) in [6.07, 6.45) is 6.73. The Bertz CT molecular complexity index is 2160. The molecule has 2 unspecified atom stereocenters. The molecule has 1 aliphatic heterocycles. The van der Waals surface area contributed by atoms with Crippen LogP contribution < -0.4 is 18.9 Å². The summed E-state index contributed by atoms with van der Waals surface area (Å²) >= 11 is 0. The Hall–Kier alpha value is -4.88. The highest BCUT2D eigenvalue weighted by Gasteiger charge is 2.29. The van der Waals surface area contributed by atoms with Crippen LogP contribution in [-0.2, 0) is 25.7 Å². The zero-order chi connectivity index (χ0) is 35.6. The first-order valence-electron chi connectivity index (χ1n) is 18.1. The van der Waals surface area contributed by atoms with Crippen LogP contribution in [0.15, 0.2) is 72.8 Å². The van der Waals surface area contributed by atoms with Crippen molar-refractivity contribution in [2.24, 2.45) is 0 Å². The summed E-state index contributed by atoms with van der Waals surface area (Å²) in [7, 11) is 8.95. The normalized spacial score (nSPS) is 17.0. The van der Waals surface area contributed by atoms with Crippen molar-refractivity contribution < 1.29 is 18.9 Å². The van der Waals surface area contributed by atoms with Gasteiger partial charge in [0.2, 0.25) is 0 Å². The van der Waals surface area contributed by atoms with Crippen LogP contribution in [0.4, 0.5) is 0 Å². The molecule has 0 fully saturated rings. The number of ether oxygens (including phenoxy) is 4. The Balaban J connectivity index is 0.000000159. The lowest BCUT2D eigenvalue weighted by atomic mass is 9.83. The third-order valence-electron chi connectivity index (χ3n) is 11.0. The maximum atomic E-state index is 5.48. The van der Waals surface area contributed by atoms with Crippen LogP contribution in [0.1, 0.15) is 69.6 Å². The molecule has 2 N–H and O–H groups in total. The first kappa shape index (κ1) is 34.6. The molecular weight excluding hydrogens is 635 g/mol. The van der Waals surface area contributed by atoms with E-state index in [-0.39, 0.29) is 0 Å². The maximum absolute atomic E-state index is 5.48. The number of hydrogen-bond acceptors (Lipinski definition) is 5. The van der Waals surface area contributed by atoms with E-state index in [1.165, 1.54) is 85.8 Å². The van der Waals surface area contributed by atoms with Gasteiger partial charge in [-0.3, -0.25) is 4.90 Å². The Morgan fingerprint density at radius 2 is 1.14 bits per heavy atom. The highest BCUT2D eigenvalue weighted by Crippen LogP contribution is 2.40. The van der Waals surface area contributed by atoms with Gasteiger partial charge in [-0.15, -0.1) is 0 Å². The number of benzene rings is 4. The maximum Gasteiger partial charge on any atom is 0.160 e. The molecule has 8 rings (SSSR count). The average molecular weight is 686 g/mol. The van der Waals surface area contributed by atoms with E-state index in [1.54, 1.807) is 28.4 Å². The predicted octanol–water partition coefficient (Wildman–Crippen LogP) is 9.42.